The molecular weight excluding hydrogens is 248 g/mol. The van der Waals surface area contributed by atoms with Crippen LogP contribution in [0.2, 0.25) is 0 Å². The van der Waals surface area contributed by atoms with Crippen LogP contribution < -0.4 is 4.90 Å². The molecular formula is C16H18N4. The molecule has 1 aromatic carbocycles. The largest absolute Gasteiger partial charge is 0.370 e. The van der Waals surface area contributed by atoms with Gasteiger partial charge in [-0.15, -0.1) is 0 Å². The number of H-pyrrole nitrogens is 1. The normalized spacial score (nSPS) is 16.1. The first-order chi connectivity index (χ1) is 9.84. The molecule has 1 aliphatic heterocycles. The summed E-state index contributed by atoms with van der Waals surface area (Å²) < 4.78 is 0. The second-order valence-corrected chi connectivity index (χ2v) is 5.57. The van der Waals surface area contributed by atoms with Gasteiger partial charge in [0.05, 0.1) is 16.6 Å². The highest BCUT2D eigenvalue weighted by Gasteiger charge is 2.20. The molecule has 0 bridgehead atoms. The Hall–Kier alpha value is -2.10. The summed E-state index contributed by atoms with van der Waals surface area (Å²) in [5.41, 5.74) is 4.30. The highest BCUT2D eigenvalue weighted by atomic mass is 15.2. The number of para-hydroxylation sites is 1. The number of nitrogens with zero attached hydrogens (tertiary/aromatic N) is 3. The van der Waals surface area contributed by atoms with Crippen molar-refractivity contribution in [2.45, 2.75) is 26.2 Å². The summed E-state index contributed by atoms with van der Waals surface area (Å²) in [5, 5.41) is 9.88. The number of aromatic nitrogens is 3. The molecule has 1 aliphatic rings. The van der Waals surface area contributed by atoms with Gasteiger partial charge in [0.25, 0.3) is 0 Å². The lowest BCUT2D eigenvalue weighted by Crippen LogP contribution is -2.29. The van der Waals surface area contributed by atoms with Gasteiger partial charge in [-0.3, -0.25) is 5.10 Å². The molecule has 0 amide bonds. The Morgan fingerprint density at radius 3 is 2.75 bits per heavy atom. The van der Waals surface area contributed by atoms with Crippen LogP contribution in [0, 0.1) is 6.92 Å². The summed E-state index contributed by atoms with van der Waals surface area (Å²) in [5.74, 6) is 0. The number of hydrogen-bond acceptors (Lipinski definition) is 3. The molecule has 20 heavy (non-hydrogen) atoms. The zero-order valence-corrected chi connectivity index (χ0v) is 11.7. The van der Waals surface area contributed by atoms with Gasteiger partial charge in [-0.25, -0.2) is 4.98 Å². The first-order valence-corrected chi connectivity index (χ1v) is 7.33. The lowest BCUT2D eigenvalue weighted by atomic mass is 10.0. The molecule has 0 saturated carbocycles. The number of aryl methyl sites for hydroxylation is 1. The fourth-order valence-electron chi connectivity index (χ4n) is 3.25. The van der Waals surface area contributed by atoms with Crippen LogP contribution in [-0.2, 0) is 0 Å². The number of rotatable bonds is 1. The molecule has 1 fully saturated rings. The number of nitrogens with one attached hydrogen (secondary N) is 1. The Labute approximate surface area is 117 Å². The number of hydrogen-bond donors (Lipinski definition) is 1. The standard InChI is InChI=1S/C16H18N4/c1-11-14-15(20-9-5-2-6-10-20)12-7-3-4-8-13(12)17-16(14)19-18-11/h3-4,7-8H,2,5-6,9-10H2,1H3,(H,17,18,19). The van der Waals surface area contributed by atoms with Crippen molar-refractivity contribution in [2.24, 2.45) is 0 Å². The first kappa shape index (κ1) is 11.7. The summed E-state index contributed by atoms with van der Waals surface area (Å²) in [4.78, 5) is 7.20. The summed E-state index contributed by atoms with van der Waals surface area (Å²) in [6.07, 6.45) is 3.89. The van der Waals surface area contributed by atoms with Crippen molar-refractivity contribution in [1.29, 1.82) is 0 Å². The van der Waals surface area contributed by atoms with Crippen molar-refractivity contribution in [3.63, 3.8) is 0 Å². The van der Waals surface area contributed by atoms with Crippen molar-refractivity contribution in [2.75, 3.05) is 18.0 Å². The van der Waals surface area contributed by atoms with Gasteiger partial charge in [0, 0.05) is 24.2 Å². The quantitative estimate of drug-likeness (QED) is 0.734. The van der Waals surface area contributed by atoms with Crippen LogP contribution in [0.15, 0.2) is 24.3 Å². The maximum Gasteiger partial charge on any atom is 0.183 e. The summed E-state index contributed by atoms with van der Waals surface area (Å²) in [6, 6.07) is 8.39. The van der Waals surface area contributed by atoms with E-state index in [4.69, 9.17) is 0 Å². The minimum absolute atomic E-state index is 0.835. The first-order valence-electron chi connectivity index (χ1n) is 7.33. The molecule has 4 rings (SSSR count). The van der Waals surface area contributed by atoms with Gasteiger partial charge in [0.15, 0.2) is 5.65 Å². The van der Waals surface area contributed by atoms with Crippen molar-refractivity contribution in [3.8, 4) is 0 Å². The molecule has 0 unspecified atom stereocenters. The molecule has 3 aromatic rings. The molecule has 0 spiro atoms. The Kier molecular flexibility index (Phi) is 2.62. The van der Waals surface area contributed by atoms with E-state index in [9.17, 15) is 0 Å². The van der Waals surface area contributed by atoms with Crippen molar-refractivity contribution < 1.29 is 0 Å². The van der Waals surface area contributed by atoms with E-state index < -0.39 is 0 Å². The van der Waals surface area contributed by atoms with Crippen LogP contribution in [0.3, 0.4) is 0 Å². The van der Waals surface area contributed by atoms with Gasteiger partial charge in [0.2, 0.25) is 0 Å². The molecule has 3 heterocycles. The average Bonchev–Trinajstić information content (AvgIpc) is 2.87. The maximum atomic E-state index is 4.68. The van der Waals surface area contributed by atoms with Gasteiger partial charge in [0.1, 0.15) is 0 Å². The minimum atomic E-state index is 0.835. The zero-order chi connectivity index (χ0) is 13.5. The Balaban J connectivity index is 2.07. The number of benzene rings is 1. The van der Waals surface area contributed by atoms with E-state index in [2.05, 4.69) is 45.2 Å². The topological polar surface area (TPSA) is 44.8 Å². The van der Waals surface area contributed by atoms with Gasteiger partial charge in [-0.05, 0) is 32.3 Å². The molecule has 1 N–H and O–H groups in total. The number of pyridine rings is 1. The molecule has 4 heteroatoms. The van der Waals surface area contributed by atoms with Crippen LogP contribution in [0.5, 0.6) is 0 Å². The highest BCUT2D eigenvalue weighted by Crippen LogP contribution is 2.35. The van der Waals surface area contributed by atoms with Crippen molar-refractivity contribution >= 4 is 27.6 Å². The second-order valence-electron chi connectivity index (χ2n) is 5.57. The fraction of sp³-hybridized carbons (Fsp3) is 0.375. The Bertz CT molecular complexity index is 769. The number of piperidine rings is 1. The van der Waals surface area contributed by atoms with E-state index in [1.807, 2.05) is 6.07 Å². The molecule has 0 radical (unpaired) electrons. The van der Waals surface area contributed by atoms with Gasteiger partial charge in [-0.1, -0.05) is 18.2 Å². The molecule has 0 aliphatic carbocycles. The van der Waals surface area contributed by atoms with Gasteiger partial charge < -0.3 is 4.90 Å². The Morgan fingerprint density at radius 1 is 1.10 bits per heavy atom. The van der Waals surface area contributed by atoms with Crippen LogP contribution in [0.25, 0.3) is 21.9 Å². The minimum Gasteiger partial charge on any atom is -0.370 e. The highest BCUT2D eigenvalue weighted by molar-refractivity contribution is 6.07. The molecule has 0 atom stereocenters. The third-order valence-corrected chi connectivity index (χ3v) is 4.22. The predicted octanol–water partition coefficient (Wildman–Crippen LogP) is 3.41. The third-order valence-electron chi connectivity index (χ3n) is 4.22. The van der Waals surface area contributed by atoms with Crippen LogP contribution >= 0.6 is 0 Å². The van der Waals surface area contributed by atoms with Crippen molar-refractivity contribution in [3.05, 3.63) is 30.0 Å². The van der Waals surface area contributed by atoms with Crippen LogP contribution in [0.4, 0.5) is 5.69 Å². The molecule has 4 nitrogen and oxygen atoms in total. The number of aromatic amines is 1. The van der Waals surface area contributed by atoms with E-state index in [0.29, 0.717) is 0 Å². The smallest absolute Gasteiger partial charge is 0.183 e. The summed E-state index contributed by atoms with van der Waals surface area (Å²) in [6.45, 7) is 4.35. The predicted molar refractivity (Wildman–Crippen MR) is 82.2 cm³/mol. The zero-order valence-electron chi connectivity index (χ0n) is 11.7. The SMILES string of the molecule is Cc1[nH]nc2nc3ccccc3c(N3CCCCC3)c12. The van der Waals surface area contributed by atoms with E-state index >= 15 is 0 Å². The lowest BCUT2D eigenvalue weighted by molar-refractivity contribution is 0.580. The van der Waals surface area contributed by atoms with E-state index in [0.717, 1.165) is 29.9 Å². The lowest BCUT2D eigenvalue weighted by Gasteiger charge is -2.30. The van der Waals surface area contributed by atoms with Crippen LogP contribution in [0.1, 0.15) is 25.0 Å². The monoisotopic (exact) mass is 266 g/mol. The third kappa shape index (κ3) is 1.68. The molecule has 2 aromatic heterocycles. The summed E-state index contributed by atoms with van der Waals surface area (Å²) in [7, 11) is 0. The summed E-state index contributed by atoms with van der Waals surface area (Å²) >= 11 is 0. The van der Waals surface area contributed by atoms with Gasteiger partial charge in [-0.2, -0.15) is 5.10 Å². The van der Waals surface area contributed by atoms with E-state index in [1.54, 1.807) is 0 Å². The molecule has 1 saturated heterocycles. The van der Waals surface area contributed by atoms with Crippen molar-refractivity contribution in [1.82, 2.24) is 15.2 Å². The fourth-order valence-corrected chi connectivity index (χ4v) is 3.25. The van der Waals surface area contributed by atoms with E-state index in [-0.39, 0.29) is 0 Å². The number of anilines is 1. The van der Waals surface area contributed by atoms with Gasteiger partial charge >= 0.3 is 0 Å². The van der Waals surface area contributed by atoms with E-state index in [1.165, 1.54) is 35.7 Å². The average molecular weight is 266 g/mol. The number of fused-ring (bicyclic) bond motifs is 2. The maximum absolute atomic E-state index is 4.68. The second kappa shape index (κ2) is 4.47. The Morgan fingerprint density at radius 2 is 1.90 bits per heavy atom. The van der Waals surface area contributed by atoms with Crippen LogP contribution in [-0.4, -0.2) is 28.3 Å². The molecule has 102 valence electrons.